The maximum Gasteiger partial charge on any atom is 0.114 e. The molecule has 0 fully saturated rings. The van der Waals surface area contributed by atoms with Crippen LogP contribution in [0.25, 0.3) is 71.6 Å². The molecule has 3 aromatic carbocycles. The molecular weight excluding hydrogens is 625 g/mol. The highest BCUT2D eigenvalue weighted by atomic mass is 32.1. The van der Waals surface area contributed by atoms with E-state index in [4.69, 9.17) is 8.75 Å². The van der Waals surface area contributed by atoms with Crippen molar-refractivity contribution in [2.45, 2.75) is 0 Å². The average molecular weight is 651 g/mol. The second-order valence-electron chi connectivity index (χ2n) is 10.9. The molecule has 212 valence electrons. The van der Waals surface area contributed by atoms with Gasteiger partial charge in [-0.15, -0.1) is 45.3 Å². The van der Waals surface area contributed by atoms with E-state index in [0.29, 0.717) is 0 Å². The number of thiophene rings is 4. The van der Waals surface area contributed by atoms with Gasteiger partial charge < -0.3 is 9.80 Å². The lowest BCUT2D eigenvalue weighted by Gasteiger charge is -2.12. The number of fused-ring (bicyclic) bond motifs is 3. The van der Waals surface area contributed by atoms with Gasteiger partial charge in [0.2, 0.25) is 0 Å². The molecule has 0 N–H and O–H groups in total. The van der Waals surface area contributed by atoms with Crippen molar-refractivity contribution in [1.82, 2.24) is 8.75 Å². The van der Waals surface area contributed by atoms with Gasteiger partial charge in [0.05, 0.1) is 11.7 Å². The Morgan fingerprint density at radius 1 is 0.442 bits per heavy atom. The summed E-state index contributed by atoms with van der Waals surface area (Å²) in [6.07, 6.45) is 0. The molecule has 9 heteroatoms. The largest absolute Gasteiger partial charge is 0.378 e. The highest BCUT2D eigenvalue weighted by Crippen LogP contribution is 2.47. The van der Waals surface area contributed by atoms with Crippen molar-refractivity contribution < 1.29 is 0 Å². The molecule has 0 bridgehead atoms. The molecular formula is C34H26N4S5. The number of anilines is 2. The summed E-state index contributed by atoms with van der Waals surface area (Å²) >= 11 is 8.70. The molecule has 0 aliphatic heterocycles. The van der Waals surface area contributed by atoms with Gasteiger partial charge in [-0.05, 0) is 59.7 Å². The van der Waals surface area contributed by atoms with Gasteiger partial charge in [0.15, 0.2) is 0 Å². The summed E-state index contributed by atoms with van der Waals surface area (Å²) in [5, 5.41) is 0. The minimum absolute atomic E-state index is 0.995. The SMILES string of the molecule is CN(C)c1ccc(-c2cc3sc(-c4ccc(-c5cc6sc(-c7ccc(N(C)C)cc7)cc6s5)c5nsnc45)cc3s2)cc1. The number of nitrogens with zero attached hydrogens (tertiary/aromatic N) is 4. The van der Waals surface area contributed by atoms with Crippen LogP contribution in [0.15, 0.2) is 84.9 Å². The minimum atomic E-state index is 0.995. The molecule has 0 saturated heterocycles. The Hall–Kier alpha value is -3.60. The molecule has 5 aromatic heterocycles. The summed E-state index contributed by atoms with van der Waals surface area (Å²) in [6.45, 7) is 0. The standard InChI is InChI=1S/C34H26N4S5/c1-37(2)21-9-5-19(6-10-21)25-15-29-31(39-25)17-27(41-29)23-13-14-24(34-33(23)35-43-36-34)28-18-32-30(42-28)16-26(40-32)20-7-11-22(12-8-20)38(3)4/h5-18H,1-4H3. The lowest BCUT2D eigenvalue weighted by Crippen LogP contribution is -2.07. The average Bonchev–Trinajstić information content (AvgIpc) is 3.82. The van der Waals surface area contributed by atoms with Crippen molar-refractivity contribution >= 4 is 98.3 Å². The van der Waals surface area contributed by atoms with Crippen LogP contribution in [0.4, 0.5) is 11.4 Å². The normalized spacial score (nSPS) is 11.7. The molecule has 0 spiro atoms. The molecule has 0 aliphatic carbocycles. The molecule has 4 nitrogen and oxygen atoms in total. The lowest BCUT2D eigenvalue weighted by molar-refractivity contribution is 1.13. The van der Waals surface area contributed by atoms with Gasteiger partial charge in [0.25, 0.3) is 0 Å². The molecule has 43 heavy (non-hydrogen) atoms. The van der Waals surface area contributed by atoms with Crippen LogP contribution in [-0.2, 0) is 0 Å². The first-order chi connectivity index (χ1) is 20.9. The van der Waals surface area contributed by atoms with E-state index in [2.05, 4.69) is 123 Å². The van der Waals surface area contributed by atoms with E-state index >= 15 is 0 Å². The van der Waals surface area contributed by atoms with E-state index in [-0.39, 0.29) is 0 Å². The Labute approximate surface area is 270 Å². The number of benzene rings is 3. The van der Waals surface area contributed by atoms with E-state index in [0.717, 1.165) is 11.0 Å². The quantitative estimate of drug-likeness (QED) is 0.179. The Morgan fingerprint density at radius 3 is 1.16 bits per heavy atom. The topological polar surface area (TPSA) is 32.3 Å². The summed E-state index contributed by atoms with van der Waals surface area (Å²) in [4.78, 5) is 9.37. The van der Waals surface area contributed by atoms with Gasteiger partial charge in [-0.25, -0.2) is 0 Å². The maximum absolute atomic E-state index is 4.78. The van der Waals surface area contributed by atoms with Gasteiger partial charge in [-0.3, -0.25) is 0 Å². The third kappa shape index (κ3) is 4.76. The lowest BCUT2D eigenvalue weighted by atomic mass is 10.1. The van der Waals surface area contributed by atoms with E-state index < -0.39 is 0 Å². The molecule has 5 heterocycles. The zero-order chi connectivity index (χ0) is 29.2. The molecule has 0 amide bonds. The Kier molecular flexibility index (Phi) is 6.61. The van der Waals surface area contributed by atoms with E-state index in [1.807, 2.05) is 45.3 Å². The van der Waals surface area contributed by atoms with Crippen molar-refractivity contribution in [2.24, 2.45) is 0 Å². The van der Waals surface area contributed by atoms with Crippen LogP contribution >= 0.6 is 57.1 Å². The Morgan fingerprint density at radius 2 is 0.791 bits per heavy atom. The fourth-order valence-corrected chi connectivity index (χ4v) is 10.8. The summed E-state index contributed by atoms with van der Waals surface area (Å²) in [7, 11) is 8.29. The molecule has 8 aromatic rings. The van der Waals surface area contributed by atoms with Gasteiger partial charge in [0, 0.05) is 89.0 Å². The van der Waals surface area contributed by atoms with Gasteiger partial charge >= 0.3 is 0 Å². The predicted molar refractivity (Wildman–Crippen MR) is 194 cm³/mol. The first-order valence-corrected chi connectivity index (χ1v) is 17.8. The van der Waals surface area contributed by atoms with E-state index in [9.17, 15) is 0 Å². The third-order valence-corrected chi connectivity index (χ3v) is 13.0. The van der Waals surface area contributed by atoms with Crippen LogP contribution in [-0.4, -0.2) is 36.9 Å². The summed E-state index contributed by atoms with van der Waals surface area (Å²) in [5.74, 6) is 0. The van der Waals surface area contributed by atoms with Crippen LogP contribution < -0.4 is 9.80 Å². The highest BCUT2D eigenvalue weighted by Gasteiger charge is 2.19. The zero-order valence-corrected chi connectivity index (χ0v) is 28.0. The molecule has 0 radical (unpaired) electrons. The van der Waals surface area contributed by atoms with Crippen molar-refractivity contribution in [1.29, 1.82) is 0 Å². The zero-order valence-electron chi connectivity index (χ0n) is 23.9. The van der Waals surface area contributed by atoms with Crippen LogP contribution in [0, 0.1) is 0 Å². The number of rotatable bonds is 6. The first kappa shape index (κ1) is 27.0. The highest BCUT2D eigenvalue weighted by molar-refractivity contribution is 7.31. The van der Waals surface area contributed by atoms with Gasteiger partial charge in [0.1, 0.15) is 11.0 Å². The summed E-state index contributed by atoms with van der Waals surface area (Å²) in [5.41, 5.74) is 9.28. The minimum Gasteiger partial charge on any atom is -0.378 e. The van der Waals surface area contributed by atoms with Crippen LogP contribution in [0.5, 0.6) is 0 Å². The van der Waals surface area contributed by atoms with Crippen molar-refractivity contribution in [2.75, 3.05) is 38.0 Å². The van der Waals surface area contributed by atoms with Crippen LogP contribution in [0.3, 0.4) is 0 Å². The number of hydrogen-bond donors (Lipinski definition) is 0. The second kappa shape index (κ2) is 10.5. The monoisotopic (exact) mass is 650 g/mol. The van der Waals surface area contributed by atoms with Crippen LogP contribution in [0.1, 0.15) is 0 Å². The van der Waals surface area contributed by atoms with E-state index in [1.54, 1.807) is 0 Å². The maximum atomic E-state index is 4.78. The Balaban J connectivity index is 1.10. The number of aromatic nitrogens is 2. The van der Waals surface area contributed by atoms with Crippen LogP contribution in [0.2, 0.25) is 0 Å². The van der Waals surface area contributed by atoms with E-state index in [1.165, 1.54) is 83.7 Å². The van der Waals surface area contributed by atoms with Crippen molar-refractivity contribution in [3.05, 3.63) is 84.9 Å². The van der Waals surface area contributed by atoms with Crippen molar-refractivity contribution in [3.63, 3.8) is 0 Å². The smallest absolute Gasteiger partial charge is 0.114 e. The fraction of sp³-hybridized carbons (Fsp3) is 0.118. The fourth-order valence-electron chi connectivity index (χ4n) is 5.33. The Bertz CT molecular complexity index is 2020. The predicted octanol–water partition coefficient (Wildman–Crippen LogP) is 11.0. The van der Waals surface area contributed by atoms with Crippen molar-refractivity contribution in [3.8, 4) is 41.8 Å². The summed E-state index contributed by atoms with van der Waals surface area (Å²) < 4.78 is 14.8. The third-order valence-electron chi connectivity index (χ3n) is 7.70. The second-order valence-corrected chi connectivity index (χ2v) is 15.8. The molecule has 8 rings (SSSR count). The molecule has 0 unspecified atom stereocenters. The van der Waals surface area contributed by atoms with Gasteiger partial charge in [-0.1, -0.05) is 36.4 Å². The molecule has 0 aliphatic rings. The van der Waals surface area contributed by atoms with Gasteiger partial charge in [-0.2, -0.15) is 8.75 Å². The molecule has 0 atom stereocenters. The first-order valence-electron chi connectivity index (χ1n) is 13.8. The molecule has 0 saturated carbocycles. The summed E-state index contributed by atoms with van der Waals surface area (Å²) in [6, 6.07) is 31.4. The number of hydrogen-bond acceptors (Lipinski definition) is 9.